The minimum atomic E-state index is -0.858. The lowest BCUT2D eigenvalue weighted by Gasteiger charge is -2.08. The Morgan fingerprint density at radius 3 is 2.78 bits per heavy atom. The summed E-state index contributed by atoms with van der Waals surface area (Å²) in [7, 11) is 1.64. The van der Waals surface area contributed by atoms with Crippen molar-refractivity contribution in [2.45, 2.75) is 12.8 Å². The quantitative estimate of drug-likeness (QED) is 0.382. The first kappa shape index (κ1) is 19.9. The van der Waals surface area contributed by atoms with E-state index in [9.17, 15) is 9.90 Å². The monoisotopic (exact) mass is 425 g/mol. The van der Waals surface area contributed by atoms with Gasteiger partial charge in [-0.15, -0.1) is 0 Å². The molecule has 3 aromatic carbocycles. The molecular weight excluding hydrogens is 402 g/mol. The normalized spacial score (nSPS) is 16.1. The summed E-state index contributed by atoms with van der Waals surface area (Å²) >= 11 is 0. The number of amides is 1. The van der Waals surface area contributed by atoms with Crippen LogP contribution < -0.4 is 15.4 Å². The van der Waals surface area contributed by atoms with Gasteiger partial charge in [0, 0.05) is 51.6 Å². The number of anilines is 1. The predicted octanol–water partition coefficient (Wildman–Crippen LogP) is 4.39. The van der Waals surface area contributed by atoms with Gasteiger partial charge in [0.1, 0.15) is 5.75 Å². The molecule has 0 aliphatic carbocycles. The highest BCUT2D eigenvalue weighted by atomic mass is 16.5. The number of aromatic nitrogens is 1. The highest BCUT2D eigenvalue weighted by Gasteiger charge is 2.26. The van der Waals surface area contributed by atoms with E-state index in [0.29, 0.717) is 17.7 Å². The Labute approximate surface area is 185 Å². The number of aromatic amines is 1. The van der Waals surface area contributed by atoms with Crippen LogP contribution in [0.4, 0.5) is 5.69 Å². The van der Waals surface area contributed by atoms with Crippen molar-refractivity contribution in [2.75, 3.05) is 12.4 Å². The van der Waals surface area contributed by atoms with Crippen LogP contribution in [0.2, 0.25) is 0 Å². The first-order valence-corrected chi connectivity index (χ1v) is 10.4. The molecule has 1 atom stereocenters. The number of aliphatic hydroxyl groups is 1. The Hall–Kier alpha value is -4.03. The number of fused-ring (bicyclic) bond motifs is 2. The Bertz CT molecular complexity index is 1320. The summed E-state index contributed by atoms with van der Waals surface area (Å²) in [6.45, 7) is 0.456. The summed E-state index contributed by atoms with van der Waals surface area (Å²) in [6, 6.07) is 21.0. The molecule has 6 heteroatoms. The van der Waals surface area contributed by atoms with Crippen LogP contribution in [0.5, 0.6) is 5.75 Å². The van der Waals surface area contributed by atoms with Crippen LogP contribution in [-0.4, -0.2) is 29.3 Å². The highest BCUT2D eigenvalue weighted by molar-refractivity contribution is 6.02. The fraction of sp³-hybridized carbons (Fsp3) is 0.115. The molecule has 1 aliphatic rings. The minimum absolute atomic E-state index is 0.158. The van der Waals surface area contributed by atoms with Gasteiger partial charge >= 0.3 is 0 Å². The topological polar surface area (TPSA) is 86.4 Å². The van der Waals surface area contributed by atoms with Gasteiger partial charge in [-0.25, -0.2) is 0 Å². The molecule has 6 nitrogen and oxygen atoms in total. The van der Waals surface area contributed by atoms with Gasteiger partial charge < -0.3 is 25.5 Å². The minimum Gasteiger partial charge on any atom is -0.497 e. The highest BCUT2D eigenvalue weighted by Crippen LogP contribution is 2.37. The van der Waals surface area contributed by atoms with Crippen molar-refractivity contribution in [1.29, 1.82) is 0 Å². The van der Waals surface area contributed by atoms with Gasteiger partial charge in [0.2, 0.25) is 0 Å². The van der Waals surface area contributed by atoms with Gasteiger partial charge in [-0.3, -0.25) is 4.79 Å². The zero-order chi connectivity index (χ0) is 22.1. The van der Waals surface area contributed by atoms with Gasteiger partial charge in [-0.2, -0.15) is 0 Å². The average molecular weight is 425 g/mol. The molecule has 0 saturated carbocycles. The second kappa shape index (κ2) is 8.24. The second-order valence-corrected chi connectivity index (χ2v) is 7.73. The fourth-order valence-corrected chi connectivity index (χ4v) is 3.99. The van der Waals surface area contributed by atoms with Crippen LogP contribution in [0.15, 0.2) is 72.9 Å². The molecule has 0 saturated heterocycles. The number of methoxy groups -OCH3 is 1. The van der Waals surface area contributed by atoms with Gasteiger partial charge in [0.15, 0.2) is 6.23 Å². The van der Waals surface area contributed by atoms with Gasteiger partial charge in [0.25, 0.3) is 5.91 Å². The van der Waals surface area contributed by atoms with E-state index in [-0.39, 0.29) is 5.91 Å². The number of hydrogen-bond donors (Lipinski definition) is 4. The molecule has 32 heavy (non-hydrogen) atoms. The summed E-state index contributed by atoms with van der Waals surface area (Å²) < 4.78 is 5.35. The van der Waals surface area contributed by atoms with Crippen LogP contribution >= 0.6 is 0 Å². The number of H-pyrrole nitrogens is 1. The van der Waals surface area contributed by atoms with E-state index in [2.05, 4.69) is 15.6 Å². The summed E-state index contributed by atoms with van der Waals surface area (Å²) in [6.07, 6.45) is 2.98. The third-order valence-electron chi connectivity index (χ3n) is 5.71. The smallest absolute Gasteiger partial charge is 0.251 e. The summed E-state index contributed by atoms with van der Waals surface area (Å²) in [5.41, 5.74) is 5.80. The number of hydrogen-bond acceptors (Lipinski definition) is 4. The molecule has 1 aliphatic heterocycles. The van der Waals surface area contributed by atoms with Crippen molar-refractivity contribution in [3.05, 3.63) is 95.2 Å². The Morgan fingerprint density at radius 1 is 1.12 bits per heavy atom. The van der Waals surface area contributed by atoms with E-state index >= 15 is 0 Å². The molecule has 160 valence electrons. The average Bonchev–Trinajstić information content (AvgIpc) is 3.37. The molecule has 0 fully saturated rings. The zero-order valence-corrected chi connectivity index (χ0v) is 17.6. The standard InChI is InChI=1S/C26H23N3O3/c1-32-19-8-10-23-20(13-19)18(15-27-23)12-22-21-11-17(7-9-24(21)29-26(22)31)25(30)28-14-16-5-3-2-4-6-16/h2-13,15,26-27,29,31H,14H2,1H3,(H,28,30). The predicted molar refractivity (Wildman–Crippen MR) is 126 cm³/mol. The van der Waals surface area contributed by atoms with Crippen molar-refractivity contribution < 1.29 is 14.6 Å². The maximum atomic E-state index is 12.7. The fourth-order valence-electron chi connectivity index (χ4n) is 3.99. The molecule has 4 aromatic rings. The van der Waals surface area contributed by atoms with E-state index in [4.69, 9.17) is 4.74 Å². The summed E-state index contributed by atoms with van der Waals surface area (Å²) in [4.78, 5) is 16.0. The number of rotatable bonds is 5. The van der Waals surface area contributed by atoms with Gasteiger partial charge in [0.05, 0.1) is 7.11 Å². The van der Waals surface area contributed by atoms with Gasteiger partial charge in [-0.1, -0.05) is 30.3 Å². The third-order valence-corrected chi connectivity index (χ3v) is 5.71. The molecule has 1 unspecified atom stereocenters. The molecule has 0 spiro atoms. The SMILES string of the molecule is COc1ccc2[nH]cc(C=C3c4cc(C(=O)NCc5ccccc5)ccc4NC3O)c2c1. The largest absolute Gasteiger partial charge is 0.497 e. The van der Waals surface area contributed by atoms with Crippen LogP contribution in [-0.2, 0) is 6.54 Å². The van der Waals surface area contributed by atoms with Crippen LogP contribution in [0.25, 0.3) is 22.6 Å². The van der Waals surface area contributed by atoms with Crippen LogP contribution in [0.1, 0.15) is 27.0 Å². The van der Waals surface area contributed by atoms with E-state index in [1.54, 1.807) is 13.2 Å². The van der Waals surface area contributed by atoms with Crippen molar-refractivity contribution >= 4 is 34.1 Å². The second-order valence-electron chi connectivity index (χ2n) is 7.73. The molecule has 1 aromatic heterocycles. The van der Waals surface area contributed by atoms with Crippen molar-refractivity contribution in [3.8, 4) is 5.75 Å². The van der Waals surface area contributed by atoms with E-state index in [1.165, 1.54) is 0 Å². The third kappa shape index (κ3) is 3.72. The lowest BCUT2D eigenvalue weighted by Crippen LogP contribution is -2.22. The lowest BCUT2D eigenvalue weighted by atomic mass is 10.0. The maximum absolute atomic E-state index is 12.7. The number of carbonyl (C=O) groups is 1. The molecule has 4 N–H and O–H groups in total. The molecule has 5 rings (SSSR count). The molecule has 0 radical (unpaired) electrons. The molecular formula is C26H23N3O3. The van der Waals surface area contributed by atoms with Crippen molar-refractivity contribution in [3.63, 3.8) is 0 Å². The number of carbonyl (C=O) groups excluding carboxylic acids is 1. The van der Waals surface area contributed by atoms with E-state index < -0.39 is 6.23 Å². The number of benzene rings is 3. The summed E-state index contributed by atoms with van der Waals surface area (Å²) in [5, 5.41) is 17.7. The first-order chi connectivity index (χ1) is 15.6. The molecule has 2 heterocycles. The van der Waals surface area contributed by atoms with Gasteiger partial charge in [-0.05, 0) is 48.0 Å². The van der Waals surface area contributed by atoms with E-state index in [0.717, 1.165) is 39.0 Å². The Morgan fingerprint density at radius 2 is 1.97 bits per heavy atom. The maximum Gasteiger partial charge on any atom is 0.251 e. The molecule has 0 bridgehead atoms. The van der Waals surface area contributed by atoms with Crippen molar-refractivity contribution in [2.24, 2.45) is 0 Å². The van der Waals surface area contributed by atoms with Crippen molar-refractivity contribution in [1.82, 2.24) is 10.3 Å². The zero-order valence-electron chi connectivity index (χ0n) is 17.6. The first-order valence-electron chi connectivity index (χ1n) is 10.4. The number of aliphatic hydroxyl groups excluding tert-OH is 1. The Kier molecular flexibility index (Phi) is 5.13. The van der Waals surface area contributed by atoms with Crippen LogP contribution in [0, 0.1) is 0 Å². The summed E-state index contributed by atoms with van der Waals surface area (Å²) in [5.74, 6) is 0.605. The Balaban J connectivity index is 1.45. The van der Waals surface area contributed by atoms with Crippen LogP contribution in [0.3, 0.4) is 0 Å². The van der Waals surface area contributed by atoms with E-state index in [1.807, 2.05) is 72.9 Å². The molecule has 1 amide bonds. The number of ether oxygens (including phenoxy) is 1. The number of nitrogens with one attached hydrogen (secondary N) is 3. The lowest BCUT2D eigenvalue weighted by molar-refractivity contribution is 0.0951.